The molecule has 1 aromatic carbocycles. The molecule has 3 rings (SSSR count). The molecule has 86 valence electrons. The number of hydrogen-bond donors (Lipinski definition) is 1. The number of nitrogens with one attached hydrogen (secondary N) is 1. The highest BCUT2D eigenvalue weighted by Gasteiger charge is 2.23. The average molecular weight is 217 g/mol. The van der Waals surface area contributed by atoms with Gasteiger partial charge in [-0.1, -0.05) is 12.1 Å². The molecule has 1 aromatic rings. The molecule has 2 saturated carbocycles. The van der Waals surface area contributed by atoms with E-state index in [0.29, 0.717) is 6.10 Å². The Morgan fingerprint density at radius 1 is 1.06 bits per heavy atom. The fourth-order valence-electron chi connectivity index (χ4n) is 1.82. The van der Waals surface area contributed by atoms with Gasteiger partial charge in [0, 0.05) is 6.04 Å². The predicted molar refractivity (Wildman–Crippen MR) is 64.8 cm³/mol. The van der Waals surface area contributed by atoms with E-state index < -0.39 is 0 Å². The summed E-state index contributed by atoms with van der Waals surface area (Å²) in [7, 11) is 0. The average Bonchev–Trinajstić information content (AvgIpc) is 3.14. The van der Waals surface area contributed by atoms with E-state index in [-0.39, 0.29) is 0 Å². The van der Waals surface area contributed by atoms with Crippen LogP contribution in [0.15, 0.2) is 24.3 Å². The number of hydrogen-bond acceptors (Lipinski definition) is 2. The number of rotatable bonds is 6. The van der Waals surface area contributed by atoms with E-state index >= 15 is 0 Å². The molecule has 0 aromatic heterocycles. The number of benzene rings is 1. The summed E-state index contributed by atoms with van der Waals surface area (Å²) in [5.41, 5.74) is 1.40. The van der Waals surface area contributed by atoms with E-state index in [1.54, 1.807) is 0 Å². The van der Waals surface area contributed by atoms with Gasteiger partial charge in [-0.15, -0.1) is 0 Å². The molecule has 0 amide bonds. The first-order chi connectivity index (χ1) is 7.90. The second-order valence-electron chi connectivity index (χ2n) is 4.94. The Morgan fingerprint density at radius 2 is 1.81 bits per heavy atom. The predicted octanol–water partition coefficient (Wildman–Crippen LogP) is 2.52. The van der Waals surface area contributed by atoms with Gasteiger partial charge in [0.15, 0.2) is 0 Å². The van der Waals surface area contributed by atoms with E-state index in [2.05, 4.69) is 29.6 Å². The van der Waals surface area contributed by atoms with Crippen LogP contribution in [-0.4, -0.2) is 18.7 Å². The van der Waals surface area contributed by atoms with Gasteiger partial charge in [0.05, 0.1) is 6.10 Å². The van der Waals surface area contributed by atoms with Crippen LogP contribution in [0.1, 0.15) is 31.2 Å². The molecule has 0 saturated heterocycles. The summed E-state index contributed by atoms with van der Waals surface area (Å²) in [5.74, 6) is 1.03. The molecule has 2 aliphatic carbocycles. The molecule has 0 unspecified atom stereocenters. The summed E-state index contributed by atoms with van der Waals surface area (Å²) in [6.45, 7) is 1.10. The smallest absolute Gasteiger partial charge is 0.119 e. The summed E-state index contributed by atoms with van der Waals surface area (Å²) in [6, 6.07) is 9.39. The normalized spacial score (nSPS) is 19.8. The largest absolute Gasteiger partial charge is 0.490 e. The van der Waals surface area contributed by atoms with Gasteiger partial charge in [-0.05, 0) is 56.3 Å². The monoisotopic (exact) mass is 217 g/mol. The van der Waals surface area contributed by atoms with E-state index in [9.17, 15) is 0 Å². The van der Waals surface area contributed by atoms with Gasteiger partial charge < -0.3 is 10.1 Å². The summed E-state index contributed by atoms with van der Waals surface area (Å²) in [6.07, 6.45) is 6.82. The van der Waals surface area contributed by atoms with Crippen LogP contribution in [0.5, 0.6) is 5.75 Å². The van der Waals surface area contributed by atoms with Gasteiger partial charge in [-0.3, -0.25) is 0 Å². The first-order valence-corrected chi connectivity index (χ1v) is 6.39. The Balaban J connectivity index is 1.46. The molecule has 1 N–H and O–H groups in total. The van der Waals surface area contributed by atoms with Crippen molar-refractivity contribution in [3.05, 3.63) is 29.8 Å². The molecule has 2 aliphatic rings. The molecule has 2 fully saturated rings. The van der Waals surface area contributed by atoms with Crippen molar-refractivity contribution in [2.45, 2.75) is 44.2 Å². The fourth-order valence-corrected chi connectivity index (χ4v) is 1.82. The molecule has 0 heterocycles. The summed E-state index contributed by atoms with van der Waals surface area (Å²) >= 11 is 0. The van der Waals surface area contributed by atoms with Crippen LogP contribution in [0.25, 0.3) is 0 Å². The van der Waals surface area contributed by atoms with Crippen LogP contribution in [0.4, 0.5) is 0 Å². The van der Waals surface area contributed by atoms with Crippen LogP contribution in [0.2, 0.25) is 0 Å². The molecule has 2 nitrogen and oxygen atoms in total. The Bertz CT molecular complexity index is 338. The molecular weight excluding hydrogens is 198 g/mol. The third-order valence-electron chi connectivity index (χ3n) is 3.17. The quantitative estimate of drug-likeness (QED) is 0.790. The second-order valence-corrected chi connectivity index (χ2v) is 4.94. The maximum atomic E-state index is 5.72. The van der Waals surface area contributed by atoms with Crippen molar-refractivity contribution in [1.29, 1.82) is 0 Å². The van der Waals surface area contributed by atoms with Crippen LogP contribution in [-0.2, 0) is 6.42 Å². The minimum atomic E-state index is 0.502. The van der Waals surface area contributed by atoms with Crippen molar-refractivity contribution in [1.82, 2.24) is 5.32 Å². The zero-order valence-corrected chi connectivity index (χ0v) is 9.61. The lowest BCUT2D eigenvalue weighted by atomic mass is 10.1. The fraction of sp³-hybridized carbons (Fsp3) is 0.571. The highest BCUT2D eigenvalue weighted by atomic mass is 16.5. The highest BCUT2D eigenvalue weighted by Crippen LogP contribution is 2.26. The third kappa shape index (κ3) is 2.99. The molecule has 2 heteroatoms. The van der Waals surface area contributed by atoms with Crippen molar-refractivity contribution >= 4 is 0 Å². The van der Waals surface area contributed by atoms with E-state index in [1.807, 2.05) is 0 Å². The first kappa shape index (κ1) is 10.2. The topological polar surface area (TPSA) is 21.3 Å². The van der Waals surface area contributed by atoms with Crippen molar-refractivity contribution in [3.63, 3.8) is 0 Å². The third-order valence-corrected chi connectivity index (χ3v) is 3.17. The number of ether oxygens (including phenoxy) is 1. The van der Waals surface area contributed by atoms with Crippen LogP contribution < -0.4 is 10.1 Å². The zero-order valence-electron chi connectivity index (χ0n) is 9.61. The van der Waals surface area contributed by atoms with Crippen LogP contribution >= 0.6 is 0 Å². The van der Waals surface area contributed by atoms with Crippen molar-refractivity contribution in [2.75, 3.05) is 6.54 Å². The van der Waals surface area contributed by atoms with Crippen molar-refractivity contribution in [3.8, 4) is 5.75 Å². The summed E-state index contributed by atoms with van der Waals surface area (Å²) in [4.78, 5) is 0. The van der Waals surface area contributed by atoms with Crippen LogP contribution in [0, 0.1) is 0 Å². The van der Waals surface area contributed by atoms with Crippen LogP contribution in [0.3, 0.4) is 0 Å². The maximum absolute atomic E-state index is 5.72. The van der Waals surface area contributed by atoms with E-state index in [1.165, 1.54) is 31.2 Å². The zero-order chi connectivity index (χ0) is 10.8. The summed E-state index contributed by atoms with van der Waals surface area (Å²) in [5, 5.41) is 3.53. The molecule has 0 aliphatic heterocycles. The maximum Gasteiger partial charge on any atom is 0.119 e. The Kier molecular flexibility index (Phi) is 2.83. The summed E-state index contributed by atoms with van der Waals surface area (Å²) < 4.78 is 5.72. The Labute approximate surface area is 97.0 Å². The Morgan fingerprint density at radius 3 is 2.44 bits per heavy atom. The SMILES string of the molecule is c1cc(OC2CC2)ccc1CCNC1CC1. The lowest BCUT2D eigenvalue weighted by molar-refractivity contribution is 0.303. The minimum Gasteiger partial charge on any atom is -0.490 e. The standard InChI is InChI=1S/C14H19NO/c1-5-13(16-14-7-8-14)6-2-11(1)9-10-15-12-3-4-12/h1-2,5-6,12,14-15H,3-4,7-10H2. The molecule has 0 radical (unpaired) electrons. The van der Waals surface area contributed by atoms with Crippen molar-refractivity contribution in [2.24, 2.45) is 0 Å². The molecule has 0 bridgehead atoms. The molecule has 16 heavy (non-hydrogen) atoms. The van der Waals surface area contributed by atoms with Crippen molar-refractivity contribution < 1.29 is 4.74 Å². The van der Waals surface area contributed by atoms with Gasteiger partial charge in [-0.25, -0.2) is 0 Å². The molecule has 0 atom stereocenters. The van der Waals surface area contributed by atoms with E-state index in [4.69, 9.17) is 4.74 Å². The molecule has 0 spiro atoms. The van der Waals surface area contributed by atoms with Gasteiger partial charge >= 0.3 is 0 Å². The minimum absolute atomic E-state index is 0.502. The first-order valence-electron chi connectivity index (χ1n) is 6.39. The Hall–Kier alpha value is -1.02. The van der Waals surface area contributed by atoms with Gasteiger partial charge in [0.2, 0.25) is 0 Å². The van der Waals surface area contributed by atoms with Gasteiger partial charge in [0.25, 0.3) is 0 Å². The van der Waals surface area contributed by atoms with Gasteiger partial charge in [0.1, 0.15) is 5.75 Å². The second kappa shape index (κ2) is 4.46. The molecular formula is C14H19NO. The highest BCUT2D eigenvalue weighted by molar-refractivity contribution is 5.28. The van der Waals surface area contributed by atoms with E-state index in [0.717, 1.165) is 24.8 Å². The van der Waals surface area contributed by atoms with Gasteiger partial charge in [-0.2, -0.15) is 0 Å². The lowest BCUT2D eigenvalue weighted by Crippen LogP contribution is -2.19. The lowest BCUT2D eigenvalue weighted by Gasteiger charge is -2.06.